The molecule has 0 aliphatic rings. The fourth-order valence-electron chi connectivity index (χ4n) is 8.34. The molecule has 310 valence electrons. The van der Waals surface area contributed by atoms with Crippen LogP contribution < -0.4 is 0 Å². The predicted octanol–water partition coefficient (Wildman–Crippen LogP) is 15.3. The molecule has 4 heterocycles. The zero-order valence-corrected chi connectivity index (χ0v) is 35.9. The van der Waals surface area contributed by atoms with Gasteiger partial charge < -0.3 is 0 Å². The number of pyridine rings is 3. The third-order valence-electron chi connectivity index (χ3n) is 11.8. The van der Waals surface area contributed by atoms with Crippen LogP contribution in [0.5, 0.6) is 0 Å². The lowest BCUT2D eigenvalue weighted by Gasteiger charge is -2.14. The number of nitrogens with zero attached hydrogens (tertiary/aromatic N) is 5. The van der Waals surface area contributed by atoms with E-state index in [9.17, 15) is 0 Å². The molecule has 0 saturated heterocycles. The average molecular weight is 844 g/mol. The fourth-order valence-corrected chi connectivity index (χ4v) is 8.34. The molecule has 0 aliphatic heterocycles. The first kappa shape index (κ1) is 39.9. The van der Waals surface area contributed by atoms with Crippen LogP contribution in [0, 0.1) is 0 Å². The Kier molecular flexibility index (Phi) is 10.9. The van der Waals surface area contributed by atoms with Crippen molar-refractivity contribution < 1.29 is 0 Å². The maximum Gasteiger partial charge on any atom is 0.160 e. The molecule has 0 unspecified atom stereocenters. The molecule has 0 atom stereocenters. The van der Waals surface area contributed by atoms with Gasteiger partial charge in [-0.05, 0) is 105 Å². The summed E-state index contributed by atoms with van der Waals surface area (Å²) in [5.41, 5.74) is 19.1. The van der Waals surface area contributed by atoms with E-state index in [1.807, 2.05) is 67.0 Å². The second-order valence-corrected chi connectivity index (χ2v) is 16.2. The summed E-state index contributed by atoms with van der Waals surface area (Å²) in [5.74, 6) is 0.692. The summed E-state index contributed by atoms with van der Waals surface area (Å²) in [6.45, 7) is 0. The van der Waals surface area contributed by atoms with Gasteiger partial charge in [-0.25, -0.2) is 15.0 Å². The van der Waals surface area contributed by atoms with Gasteiger partial charge in [-0.3, -0.25) is 9.97 Å². The summed E-state index contributed by atoms with van der Waals surface area (Å²) in [4.78, 5) is 24.8. The summed E-state index contributed by atoms with van der Waals surface area (Å²) in [6, 6.07) is 82.0. The molecular formula is C61H41N5. The third kappa shape index (κ3) is 8.57. The SMILES string of the molecule is c1ccc(-c2cc(-c3ccccc3)cc(-c3cc(-c4ccccn4)nc(-c4ccc(-c5ccc(-c6ccc(-c7nc(-c8ccccc8)cc(-c8ccccc8)n7)cc6)cc5)cn4)c3)c2)cc1. The standard InChI is InChI=1S/C61H41N5/c1-5-15-42(16-6-1)51-35-52(43-17-7-2-8-18-43)37-53(36-51)54-38-59(55-23-13-14-34-62-55)64-60(39-54)56-33-32-50(41-63-56)46-26-24-44(25-27-46)45-28-30-49(31-29-45)61-65-57(47-19-9-3-10-20-47)40-58(66-61)48-21-11-4-12-22-48/h1-41H. The van der Waals surface area contributed by atoms with Gasteiger partial charge in [0.1, 0.15) is 0 Å². The highest BCUT2D eigenvalue weighted by Gasteiger charge is 2.15. The highest BCUT2D eigenvalue weighted by molar-refractivity contribution is 5.84. The van der Waals surface area contributed by atoms with E-state index in [0.29, 0.717) is 5.82 Å². The minimum absolute atomic E-state index is 0.692. The maximum atomic E-state index is 5.14. The zero-order valence-electron chi connectivity index (χ0n) is 35.9. The topological polar surface area (TPSA) is 64.5 Å². The van der Waals surface area contributed by atoms with Crippen molar-refractivity contribution in [1.29, 1.82) is 0 Å². The normalized spacial score (nSPS) is 11.0. The maximum absolute atomic E-state index is 5.14. The van der Waals surface area contributed by atoms with Crippen LogP contribution >= 0.6 is 0 Å². The van der Waals surface area contributed by atoms with Crippen molar-refractivity contribution in [2.75, 3.05) is 0 Å². The van der Waals surface area contributed by atoms with Gasteiger partial charge in [0, 0.05) is 34.6 Å². The molecule has 4 aromatic heterocycles. The van der Waals surface area contributed by atoms with Crippen LogP contribution in [0.1, 0.15) is 0 Å². The molecule has 11 aromatic rings. The molecule has 11 rings (SSSR count). The summed E-state index contributed by atoms with van der Waals surface area (Å²) in [6.07, 6.45) is 3.74. The number of hydrogen-bond acceptors (Lipinski definition) is 5. The summed E-state index contributed by atoms with van der Waals surface area (Å²) in [7, 11) is 0. The van der Waals surface area contributed by atoms with Crippen molar-refractivity contribution >= 4 is 0 Å². The lowest BCUT2D eigenvalue weighted by molar-refractivity contribution is 1.18. The molecular weight excluding hydrogens is 803 g/mol. The van der Waals surface area contributed by atoms with Crippen molar-refractivity contribution in [3.05, 3.63) is 249 Å². The lowest BCUT2D eigenvalue weighted by Crippen LogP contribution is -1.96. The Bertz CT molecular complexity index is 3280. The van der Waals surface area contributed by atoms with E-state index in [1.54, 1.807) is 0 Å². The molecule has 5 nitrogen and oxygen atoms in total. The zero-order chi connectivity index (χ0) is 44.1. The van der Waals surface area contributed by atoms with E-state index in [4.69, 9.17) is 19.9 Å². The van der Waals surface area contributed by atoms with Crippen LogP contribution in [0.15, 0.2) is 249 Å². The molecule has 0 spiro atoms. The van der Waals surface area contributed by atoms with E-state index in [-0.39, 0.29) is 0 Å². The molecule has 0 fully saturated rings. The first-order valence-electron chi connectivity index (χ1n) is 22.0. The van der Waals surface area contributed by atoms with Crippen LogP contribution in [-0.2, 0) is 0 Å². The molecule has 0 aliphatic carbocycles. The Morgan fingerprint density at radius 3 is 1.03 bits per heavy atom. The smallest absolute Gasteiger partial charge is 0.160 e. The average Bonchev–Trinajstić information content (AvgIpc) is 3.42. The van der Waals surface area contributed by atoms with Gasteiger partial charge in [0.25, 0.3) is 0 Å². The first-order chi connectivity index (χ1) is 32.7. The fraction of sp³-hybridized carbons (Fsp3) is 0. The van der Waals surface area contributed by atoms with Crippen LogP contribution in [-0.4, -0.2) is 24.9 Å². The monoisotopic (exact) mass is 843 g/mol. The van der Waals surface area contributed by atoms with E-state index in [2.05, 4.69) is 187 Å². The molecule has 0 saturated carbocycles. The number of aromatic nitrogens is 5. The third-order valence-corrected chi connectivity index (χ3v) is 11.8. The largest absolute Gasteiger partial charge is 0.255 e. The van der Waals surface area contributed by atoms with Crippen molar-refractivity contribution in [2.24, 2.45) is 0 Å². The van der Waals surface area contributed by atoms with Gasteiger partial charge in [0.05, 0.1) is 34.2 Å². The molecule has 0 bridgehead atoms. The van der Waals surface area contributed by atoms with E-state index in [1.165, 1.54) is 0 Å². The van der Waals surface area contributed by atoms with Gasteiger partial charge in [0.15, 0.2) is 5.82 Å². The Balaban J connectivity index is 0.883. The van der Waals surface area contributed by atoms with Crippen LogP contribution in [0.25, 0.3) is 112 Å². The van der Waals surface area contributed by atoms with Gasteiger partial charge >= 0.3 is 0 Å². The Morgan fingerprint density at radius 2 is 0.576 bits per heavy atom. The predicted molar refractivity (Wildman–Crippen MR) is 270 cm³/mol. The quantitative estimate of drug-likeness (QED) is 0.137. The minimum Gasteiger partial charge on any atom is -0.255 e. The van der Waals surface area contributed by atoms with Crippen LogP contribution in [0.2, 0.25) is 0 Å². The van der Waals surface area contributed by atoms with Crippen molar-refractivity contribution in [3.8, 4) is 112 Å². The first-order valence-corrected chi connectivity index (χ1v) is 22.0. The summed E-state index contributed by atoms with van der Waals surface area (Å²) in [5, 5.41) is 0. The molecule has 0 radical (unpaired) electrons. The van der Waals surface area contributed by atoms with E-state index >= 15 is 0 Å². The van der Waals surface area contributed by atoms with Gasteiger partial charge in [-0.1, -0.05) is 182 Å². The molecule has 0 amide bonds. The lowest BCUT2D eigenvalue weighted by atomic mass is 9.93. The van der Waals surface area contributed by atoms with Gasteiger partial charge in [-0.15, -0.1) is 0 Å². The van der Waals surface area contributed by atoms with Crippen molar-refractivity contribution in [2.45, 2.75) is 0 Å². The van der Waals surface area contributed by atoms with Crippen molar-refractivity contribution in [3.63, 3.8) is 0 Å². The van der Waals surface area contributed by atoms with E-state index < -0.39 is 0 Å². The second kappa shape index (κ2) is 18.0. The number of hydrogen-bond donors (Lipinski definition) is 0. The highest BCUT2D eigenvalue weighted by Crippen LogP contribution is 2.36. The number of benzene rings is 7. The Labute approximate surface area is 384 Å². The minimum atomic E-state index is 0.692. The molecule has 5 heteroatoms. The Hall–Kier alpha value is -8.93. The molecule has 7 aromatic carbocycles. The number of rotatable bonds is 10. The summed E-state index contributed by atoms with van der Waals surface area (Å²) < 4.78 is 0. The van der Waals surface area contributed by atoms with E-state index in [0.717, 1.165) is 106 Å². The summed E-state index contributed by atoms with van der Waals surface area (Å²) >= 11 is 0. The highest BCUT2D eigenvalue weighted by atomic mass is 14.9. The van der Waals surface area contributed by atoms with Crippen LogP contribution in [0.3, 0.4) is 0 Å². The van der Waals surface area contributed by atoms with Crippen LogP contribution in [0.4, 0.5) is 0 Å². The van der Waals surface area contributed by atoms with Gasteiger partial charge in [0.2, 0.25) is 0 Å². The molecule has 66 heavy (non-hydrogen) atoms. The van der Waals surface area contributed by atoms with Gasteiger partial charge in [-0.2, -0.15) is 0 Å². The van der Waals surface area contributed by atoms with Crippen molar-refractivity contribution in [1.82, 2.24) is 24.9 Å². The Morgan fingerprint density at radius 1 is 0.197 bits per heavy atom. The molecule has 0 N–H and O–H groups in total. The second-order valence-electron chi connectivity index (χ2n) is 16.2.